The molecule has 1 aromatic rings. The number of piperidine rings is 1. The Bertz CT molecular complexity index is 560. The maximum Gasteiger partial charge on any atom is 0.409 e. The Morgan fingerprint density at radius 3 is 2.65 bits per heavy atom. The zero-order chi connectivity index (χ0) is 16.8. The zero-order valence-electron chi connectivity index (χ0n) is 14.3. The number of rotatable bonds is 3. The smallest absolute Gasteiger partial charge is 0.409 e. The van der Waals surface area contributed by atoms with E-state index in [2.05, 4.69) is 15.6 Å². The number of likely N-dealkylation sites (tertiary alicyclic amines) is 1. The van der Waals surface area contributed by atoms with Crippen molar-refractivity contribution in [3.05, 3.63) is 23.2 Å². The molecule has 23 heavy (non-hydrogen) atoms. The van der Waals surface area contributed by atoms with Gasteiger partial charge in [-0.1, -0.05) is 0 Å². The molecule has 2 N–H and O–H groups in total. The van der Waals surface area contributed by atoms with Crippen molar-refractivity contribution in [3.63, 3.8) is 0 Å². The van der Waals surface area contributed by atoms with Crippen LogP contribution in [0.3, 0.4) is 0 Å². The Morgan fingerprint density at radius 2 is 2.13 bits per heavy atom. The number of carbonyl (C=O) groups excluding carboxylic acids is 1. The Kier molecular flexibility index (Phi) is 5.90. The number of nitrogens with zero attached hydrogens (tertiary/aromatic N) is 2. The largest absolute Gasteiger partial charge is 0.466 e. The number of carbonyl (C=O) groups is 1. The van der Waals surface area contributed by atoms with Crippen LogP contribution in [0.5, 0.6) is 0 Å². The number of guanidine groups is 1. The minimum Gasteiger partial charge on any atom is -0.466 e. The summed E-state index contributed by atoms with van der Waals surface area (Å²) in [7, 11) is 3.17. The van der Waals surface area contributed by atoms with Crippen LogP contribution in [0.1, 0.15) is 29.9 Å². The van der Waals surface area contributed by atoms with Crippen LogP contribution in [0.2, 0.25) is 0 Å². The molecule has 7 nitrogen and oxygen atoms in total. The van der Waals surface area contributed by atoms with Gasteiger partial charge in [0.1, 0.15) is 11.5 Å². The molecule has 0 bridgehead atoms. The van der Waals surface area contributed by atoms with Gasteiger partial charge < -0.3 is 24.7 Å². The molecule has 128 valence electrons. The average molecular weight is 322 g/mol. The lowest BCUT2D eigenvalue weighted by Gasteiger charge is -2.32. The van der Waals surface area contributed by atoms with Crippen molar-refractivity contribution in [2.75, 3.05) is 27.2 Å². The van der Waals surface area contributed by atoms with Crippen LogP contribution >= 0.6 is 0 Å². The quantitative estimate of drug-likeness (QED) is 0.655. The van der Waals surface area contributed by atoms with Gasteiger partial charge >= 0.3 is 6.09 Å². The van der Waals surface area contributed by atoms with E-state index < -0.39 is 0 Å². The molecule has 0 aromatic carbocycles. The van der Waals surface area contributed by atoms with E-state index in [4.69, 9.17) is 9.15 Å². The van der Waals surface area contributed by atoms with Crippen molar-refractivity contribution in [1.82, 2.24) is 15.5 Å². The van der Waals surface area contributed by atoms with Gasteiger partial charge in [0.05, 0.1) is 7.11 Å². The molecular weight excluding hydrogens is 296 g/mol. The molecule has 1 aliphatic rings. The van der Waals surface area contributed by atoms with E-state index in [1.165, 1.54) is 7.11 Å². The molecule has 7 heteroatoms. The van der Waals surface area contributed by atoms with Crippen molar-refractivity contribution >= 4 is 12.1 Å². The monoisotopic (exact) mass is 322 g/mol. The third-order valence-electron chi connectivity index (χ3n) is 4.08. The average Bonchev–Trinajstić information content (AvgIpc) is 2.88. The van der Waals surface area contributed by atoms with Crippen LogP contribution in [-0.2, 0) is 11.3 Å². The van der Waals surface area contributed by atoms with E-state index in [9.17, 15) is 4.79 Å². The number of aryl methyl sites for hydroxylation is 2. The summed E-state index contributed by atoms with van der Waals surface area (Å²) in [5.74, 6) is 2.61. The first-order valence-corrected chi connectivity index (χ1v) is 7.89. The highest BCUT2D eigenvalue weighted by atomic mass is 16.5. The van der Waals surface area contributed by atoms with E-state index in [1.807, 2.05) is 19.9 Å². The molecule has 1 fully saturated rings. The van der Waals surface area contributed by atoms with Gasteiger partial charge in [-0.25, -0.2) is 4.79 Å². The molecule has 0 saturated carbocycles. The van der Waals surface area contributed by atoms with Crippen LogP contribution in [0.15, 0.2) is 15.5 Å². The predicted octanol–water partition coefficient (Wildman–Crippen LogP) is 1.79. The van der Waals surface area contributed by atoms with E-state index in [0.29, 0.717) is 25.7 Å². The van der Waals surface area contributed by atoms with Crippen LogP contribution in [0.25, 0.3) is 0 Å². The molecule has 0 aliphatic carbocycles. The van der Waals surface area contributed by atoms with Crippen LogP contribution in [0.4, 0.5) is 4.79 Å². The molecule has 0 spiro atoms. The number of furan rings is 1. The van der Waals surface area contributed by atoms with Gasteiger partial charge in [0.25, 0.3) is 0 Å². The van der Waals surface area contributed by atoms with Gasteiger partial charge in [-0.3, -0.25) is 4.99 Å². The van der Waals surface area contributed by atoms with Crippen LogP contribution in [-0.4, -0.2) is 50.2 Å². The van der Waals surface area contributed by atoms with Gasteiger partial charge in [-0.15, -0.1) is 0 Å². The number of hydrogen-bond acceptors (Lipinski definition) is 4. The fourth-order valence-corrected chi connectivity index (χ4v) is 2.76. The molecule has 2 heterocycles. The summed E-state index contributed by atoms with van der Waals surface area (Å²) in [5, 5.41) is 6.72. The minimum absolute atomic E-state index is 0.253. The van der Waals surface area contributed by atoms with Gasteiger partial charge in [-0.2, -0.15) is 0 Å². The molecular formula is C16H26N4O3. The summed E-state index contributed by atoms with van der Waals surface area (Å²) >= 11 is 0. The van der Waals surface area contributed by atoms with Crippen molar-refractivity contribution in [3.8, 4) is 0 Å². The SMILES string of the molecule is CN=C(NCc1cc(C)oc1C)NC1CCN(C(=O)OC)CC1. The second-order valence-electron chi connectivity index (χ2n) is 5.74. The fourth-order valence-electron chi connectivity index (χ4n) is 2.76. The van der Waals surface area contributed by atoms with E-state index in [1.54, 1.807) is 11.9 Å². The van der Waals surface area contributed by atoms with Gasteiger partial charge in [0.15, 0.2) is 5.96 Å². The molecule has 0 atom stereocenters. The third kappa shape index (κ3) is 4.64. The normalized spacial score (nSPS) is 16.3. The van der Waals surface area contributed by atoms with Crippen molar-refractivity contribution in [1.29, 1.82) is 0 Å². The third-order valence-corrected chi connectivity index (χ3v) is 4.08. The number of methoxy groups -OCH3 is 1. The first-order chi connectivity index (χ1) is 11.0. The predicted molar refractivity (Wildman–Crippen MR) is 88.5 cm³/mol. The van der Waals surface area contributed by atoms with Crippen LogP contribution < -0.4 is 10.6 Å². The molecule has 0 radical (unpaired) electrons. The first-order valence-electron chi connectivity index (χ1n) is 7.89. The van der Waals surface area contributed by atoms with E-state index in [-0.39, 0.29) is 6.09 Å². The Balaban J connectivity index is 1.80. The van der Waals surface area contributed by atoms with E-state index >= 15 is 0 Å². The standard InChI is InChI=1S/C16H26N4O3/c1-11-9-13(12(2)23-11)10-18-15(17-3)19-14-5-7-20(8-6-14)16(21)22-4/h9,14H,5-8,10H2,1-4H3,(H2,17,18,19). The van der Waals surface area contributed by atoms with Crippen molar-refractivity contribution in [2.24, 2.45) is 4.99 Å². The maximum absolute atomic E-state index is 11.5. The molecule has 2 rings (SSSR count). The lowest BCUT2D eigenvalue weighted by molar-refractivity contribution is 0.111. The topological polar surface area (TPSA) is 79.1 Å². The van der Waals surface area contributed by atoms with Gasteiger partial charge in [-0.05, 0) is 32.8 Å². The zero-order valence-corrected chi connectivity index (χ0v) is 14.3. The van der Waals surface area contributed by atoms with Gasteiger partial charge in [0, 0.05) is 38.3 Å². The molecule has 1 aliphatic heterocycles. The number of amides is 1. The van der Waals surface area contributed by atoms with Crippen LogP contribution in [0, 0.1) is 13.8 Å². The summed E-state index contributed by atoms with van der Waals surface area (Å²) < 4.78 is 10.3. The Hall–Kier alpha value is -2.18. The molecule has 1 saturated heterocycles. The van der Waals surface area contributed by atoms with E-state index in [0.717, 1.165) is 35.9 Å². The van der Waals surface area contributed by atoms with Gasteiger partial charge in [0.2, 0.25) is 0 Å². The first kappa shape index (κ1) is 17.2. The summed E-state index contributed by atoms with van der Waals surface area (Å²) in [6, 6.07) is 2.33. The lowest BCUT2D eigenvalue weighted by Crippen LogP contribution is -2.49. The number of aliphatic imine (C=N–C) groups is 1. The summed E-state index contributed by atoms with van der Waals surface area (Å²) in [4.78, 5) is 17.5. The summed E-state index contributed by atoms with van der Waals surface area (Å²) in [6.07, 6.45) is 1.50. The summed E-state index contributed by atoms with van der Waals surface area (Å²) in [5.41, 5.74) is 1.13. The Morgan fingerprint density at radius 1 is 1.43 bits per heavy atom. The Labute approximate surface area is 137 Å². The van der Waals surface area contributed by atoms with Crippen molar-refractivity contribution < 1.29 is 13.9 Å². The minimum atomic E-state index is -0.253. The summed E-state index contributed by atoms with van der Waals surface area (Å²) in [6.45, 7) is 5.97. The molecule has 1 aromatic heterocycles. The maximum atomic E-state index is 11.5. The molecule has 1 amide bonds. The highest BCUT2D eigenvalue weighted by molar-refractivity contribution is 5.80. The highest BCUT2D eigenvalue weighted by Gasteiger charge is 2.23. The highest BCUT2D eigenvalue weighted by Crippen LogP contribution is 2.13. The van der Waals surface area contributed by atoms with Crippen molar-refractivity contribution in [2.45, 2.75) is 39.3 Å². The second kappa shape index (κ2) is 7.89. The number of ether oxygens (including phenoxy) is 1. The molecule has 0 unspecified atom stereocenters. The number of nitrogens with one attached hydrogen (secondary N) is 2. The fraction of sp³-hybridized carbons (Fsp3) is 0.625. The second-order valence-corrected chi connectivity index (χ2v) is 5.74. The lowest BCUT2D eigenvalue weighted by atomic mass is 10.1. The number of hydrogen-bond donors (Lipinski definition) is 2.